The quantitative estimate of drug-likeness (QED) is 0.342. The SMILES string of the molecule is CCOC(=O)CC1CCc2c1[nH]c1ccc(-c3noc(-c4cc(OC)cc(C(F)(F)F)c4)n3)cc21. The molecule has 1 N–H and O–H groups in total. The van der Waals surface area contributed by atoms with Gasteiger partial charge in [-0.3, -0.25) is 4.79 Å². The Bertz CT molecular complexity index is 1410. The van der Waals surface area contributed by atoms with E-state index in [0.717, 1.165) is 47.1 Å². The van der Waals surface area contributed by atoms with Crippen LogP contribution in [-0.2, 0) is 22.1 Å². The summed E-state index contributed by atoms with van der Waals surface area (Å²) in [6, 6.07) is 8.92. The first-order valence-corrected chi connectivity index (χ1v) is 11.2. The predicted octanol–water partition coefficient (Wildman–Crippen LogP) is 5.90. The van der Waals surface area contributed by atoms with Crippen molar-refractivity contribution in [1.29, 1.82) is 0 Å². The molecule has 2 aromatic carbocycles. The molecule has 1 unspecified atom stereocenters. The topological polar surface area (TPSA) is 90.2 Å². The van der Waals surface area contributed by atoms with Gasteiger partial charge in [-0.2, -0.15) is 18.2 Å². The standard InChI is InChI=1S/C25H22F3N3O4/c1-3-34-21(32)11-13-4-6-18-19-10-14(5-7-20(19)29-22(13)18)23-30-24(35-31-23)15-8-16(25(26,27)28)12-17(9-15)33-2/h5,7-10,12-13,29H,3-4,6,11H2,1-2H3. The fourth-order valence-corrected chi connectivity index (χ4v) is 4.58. The Balaban J connectivity index is 1.46. The van der Waals surface area contributed by atoms with Gasteiger partial charge in [0.1, 0.15) is 5.75 Å². The average molecular weight is 485 g/mol. The first kappa shape index (κ1) is 22.9. The van der Waals surface area contributed by atoms with Crippen LogP contribution in [0.4, 0.5) is 13.2 Å². The largest absolute Gasteiger partial charge is 0.497 e. The van der Waals surface area contributed by atoms with Crippen molar-refractivity contribution in [3.63, 3.8) is 0 Å². The van der Waals surface area contributed by atoms with E-state index in [1.54, 1.807) is 6.92 Å². The van der Waals surface area contributed by atoms with Crippen molar-refractivity contribution >= 4 is 16.9 Å². The highest BCUT2D eigenvalue weighted by Crippen LogP contribution is 2.41. The van der Waals surface area contributed by atoms with Crippen molar-refractivity contribution in [2.75, 3.05) is 13.7 Å². The van der Waals surface area contributed by atoms with Crippen LogP contribution >= 0.6 is 0 Å². The van der Waals surface area contributed by atoms with Crippen LogP contribution < -0.4 is 4.74 Å². The zero-order valence-corrected chi connectivity index (χ0v) is 19.0. The molecule has 1 atom stereocenters. The number of aryl methyl sites for hydroxylation is 1. The van der Waals surface area contributed by atoms with Gasteiger partial charge in [0.2, 0.25) is 5.82 Å². The molecule has 10 heteroatoms. The molecule has 5 rings (SSSR count). The summed E-state index contributed by atoms with van der Waals surface area (Å²) in [7, 11) is 1.29. The van der Waals surface area contributed by atoms with E-state index >= 15 is 0 Å². The van der Waals surface area contributed by atoms with E-state index in [1.807, 2.05) is 18.2 Å². The molecule has 0 amide bonds. The van der Waals surface area contributed by atoms with Gasteiger partial charge in [0.25, 0.3) is 5.89 Å². The molecule has 4 aromatic rings. The van der Waals surface area contributed by atoms with E-state index in [9.17, 15) is 18.0 Å². The van der Waals surface area contributed by atoms with Crippen molar-refractivity contribution in [2.45, 2.75) is 38.3 Å². The number of aromatic amines is 1. The van der Waals surface area contributed by atoms with Gasteiger partial charge in [-0.05, 0) is 61.7 Å². The molecular weight excluding hydrogens is 463 g/mol. The number of ether oxygens (including phenoxy) is 2. The van der Waals surface area contributed by atoms with Crippen LogP contribution in [0.1, 0.15) is 42.5 Å². The molecule has 0 aliphatic heterocycles. The Morgan fingerprint density at radius 2 is 2.03 bits per heavy atom. The lowest BCUT2D eigenvalue weighted by molar-refractivity contribution is -0.143. The summed E-state index contributed by atoms with van der Waals surface area (Å²) in [5.74, 6) is 0.117. The molecule has 2 heterocycles. The van der Waals surface area contributed by atoms with Crippen LogP contribution in [0.5, 0.6) is 5.75 Å². The number of halogens is 3. The lowest BCUT2D eigenvalue weighted by atomic mass is 10.0. The highest BCUT2D eigenvalue weighted by atomic mass is 19.4. The Labute approximate surface area is 198 Å². The summed E-state index contributed by atoms with van der Waals surface area (Å²) in [6.45, 7) is 2.14. The molecule has 0 saturated carbocycles. The number of carbonyl (C=O) groups excluding carboxylic acids is 1. The maximum Gasteiger partial charge on any atom is 0.416 e. The number of hydrogen-bond donors (Lipinski definition) is 1. The fraction of sp³-hybridized carbons (Fsp3) is 0.320. The second-order valence-corrected chi connectivity index (χ2v) is 8.39. The van der Waals surface area contributed by atoms with E-state index in [2.05, 4.69) is 15.1 Å². The van der Waals surface area contributed by atoms with Crippen molar-refractivity contribution in [3.05, 3.63) is 53.2 Å². The molecule has 0 saturated heterocycles. The van der Waals surface area contributed by atoms with Crippen molar-refractivity contribution in [3.8, 4) is 28.6 Å². The average Bonchev–Trinajstić information content (AvgIpc) is 3.54. The number of nitrogens with one attached hydrogen (secondary N) is 1. The summed E-state index contributed by atoms with van der Waals surface area (Å²) < 4.78 is 55.3. The number of methoxy groups -OCH3 is 1. The second-order valence-electron chi connectivity index (χ2n) is 8.39. The summed E-state index contributed by atoms with van der Waals surface area (Å²) in [5.41, 5.74) is 3.02. The molecule has 1 aliphatic rings. The highest BCUT2D eigenvalue weighted by Gasteiger charge is 2.32. The number of aromatic nitrogens is 3. The van der Waals surface area contributed by atoms with E-state index in [-0.39, 0.29) is 34.9 Å². The third-order valence-electron chi connectivity index (χ3n) is 6.21. The van der Waals surface area contributed by atoms with Crippen LogP contribution in [0.3, 0.4) is 0 Å². The van der Waals surface area contributed by atoms with Crippen LogP contribution in [0.25, 0.3) is 33.7 Å². The molecule has 35 heavy (non-hydrogen) atoms. The van der Waals surface area contributed by atoms with Gasteiger partial charge in [-0.15, -0.1) is 0 Å². The molecule has 7 nitrogen and oxygen atoms in total. The number of carbonyl (C=O) groups is 1. The van der Waals surface area contributed by atoms with Gasteiger partial charge >= 0.3 is 12.1 Å². The molecule has 0 bridgehead atoms. The smallest absolute Gasteiger partial charge is 0.416 e. The van der Waals surface area contributed by atoms with Gasteiger partial charge < -0.3 is 19.0 Å². The second kappa shape index (κ2) is 8.75. The van der Waals surface area contributed by atoms with E-state index in [1.165, 1.54) is 13.2 Å². The van der Waals surface area contributed by atoms with Crippen molar-refractivity contribution < 1.29 is 32.0 Å². The monoisotopic (exact) mass is 485 g/mol. The minimum absolute atomic E-state index is 0.0382. The van der Waals surface area contributed by atoms with Gasteiger partial charge in [0.15, 0.2) is 0 Å². The molecule has 182 valence electrons. The third-order valence-corrected chi connectivity index (χ3v) is 6.21. The zero-order chi connectivity index (χ0) is 24.7. The molecule has 2 aromatic heterocycles. The van der Waals surface area contributed by atoms with Gasteiger partial charge in [0, 0.05) is 33.6 Å². The molecule has 0 radical (unpaired) electrons. The Kier molecular flexibility index (Phi) is 5.74. The number of esters is 1. The normalized spacial score (nSPS) is 15.4. The first-order chi connectivity index (χ1) is 16.8. The van der Waals surface area contributed by atoms with Gasteiger partial charge in [-0.25, -0.2) is 0 Å². The zero-order valence-electron chi connectivity index (χ0n) is 19.0. The number of fused-ring (bicyclic) bond motifs is 3. The number of H-pyrrole nitrogens is 1. The maximum atomic E-state index is 13.3. The first-order valence-electron chi connectivity index (χ1n) is 11.2. The van der Waals surface area contributed by atoms with Gasteiger partial charge in [-0.1, -0.05) is 5.16 Å². The van der Waals surface area contributed by atoms with Crippen LogP contribution in [0.15, 0.2) is 40.9 Å². The number of alkyl halides is 3. The van der Waals surface area contributed by atoms with Crippen LogP contribution in [-0.4, -0.2) is 34.8 Å². The minimum atomic E-state index is -4.54. The van der Waals surface area contributed by atoms with E-state index in [4.69, 9.17) is 14.0 Å². The van der Waals surface area contributed by atoms with Crippen LogP contribution in [0, 0.1) is 0 Å². The number of benzene rings is 2. The Hall–Kier alpha value is -3.82. The van der Waals surface area contributed by atoms with E-state index in [0.29, 0.717) is 18.6 Å². The number of nitrogens with zero attached hydrogens (tertiary/aromatic N) is 2. The lowest BCUT2D eigenvalue weighted by Gasteiger charge is -2.09. The highest BCUT2D eigenvalue weighted by molar-refractivity contribution is 5.89. The van der Waals surface area contributed by atoms with E-state index < -0.39 is 11.7 Å². The molecule has 1 aliphatic carbocycles. The van der Waals surface area contributed by atoms with Crippen molar-refractivity contribution in [2.24, 2.45) is 0 Å². The summed E-state index contributed by atoms with van der Waals surface area (Å²) in [5, 5.41) is 4.99. The molecular formula is C25H22F3N3O4. The third kappa shape index (κ3) is 4.36. The summed E-state index contributed by atoms with van der Waals surface area (Å²) in [6.07, 6.45) is -2.54. The Morgan fingerprint density at radius 3 is 2.77 bits per heavy atom. The maximum absolute atomic E-state index is 13.3. The van der Waals surface area contributed by atoms with Gasteiger partial charge in [0.05, 0.1) is 25.7 Å². The lowest BCUT2D eigenvalue weighted by Crippen LogP contribution is -2.08. The van der Waals surface area contributed by atoms with Crippen LogP contribution in [0.2, 0.25) is 0 Å². The summed E-state index contributed by atoms with van der Waals surface area (Å²) >= 11 is 0. The fourth-order valence-electron chi connectivity index (χ4n) is 4.58. The Morgan fingerprint density at radius 1 is 1.20 bits per heavy atom. The summed E-state index contributed by atoms with van der Waals surface area (Å²) in [4.78, 5) is 19.7. The predicted molar refractivity (Wildman–Crippen MR) is 121 cm³/mol. The minimum Gasteiger partial charge on any atom is -0.497 e. The number of hydrogen-bond acceptors (Lipinski definition) is 6. The number of rotatable bonds is 6. The van der Waals surface area contributed by atoms with Crippen molar-refractivity contribution in [1.82, 2.24) is 15.1 Å². The molecule has 0 fully saturated rings. The molecule has 0 spiro atoms.